The standard InChI is InChI=1S/C13H21N3O4S/c1-10(17)11-4-6-12(7-5-11)16-13(18)14-8-3-9-15-21(2,19)20/h4-7,10,15,17H,3,8-9H2,1-2H3,(H2,14,16,18). The van der Waals surface area contributed by atoms with E-state index in [1.165, 1.54) is 0 Å². The molecule has 0 fully saturated rings. The first-order chi connectivity index (χ1) is 9.78. The van der Waals surface area contributed by atoms with Gasteiger partial charge < -0.3 is 15.7 Å². The number of benzene rings is 1. The normalized spacial score (nSPS) is 12.7. The Labute approximate surface area is 124 Å². The number of rotatable bonds is 7. The number of anilines is 1. The zero-order chi connectivity index (χ0) is 15.9. The van der Waals surface area contributed by atoms with Crippen molar-refractivity contribution < 1.29 is 18.3 Å². The van der Waals surface area contributed by atoms with Crippen molar-refractivity contribution in [2.45, 2.75) is 19.4 Å². The van der Waals surface area contributed by atoms with Crippen LogP contribution in [0.2, 0.25) is 0 Å². The minimum Gasteiger partial charge on any atom is -0.389 e. The van der Waals surface area contributed by atoms with Gasteiger partial charge in [-0.2, -0.15) is 0 Å². The van der Waals surface area contributed by atoms with Crippen LogP contribution in [0.3, 0.4) is 0 Å². The van der Waals surface area contributed by atoms with Crippen LogP contribution in [0, 0.1) is 0 Å². The zero-order valence-electron chi connectivity index (χ0n) is 12.1. The van der Waals surface area contributed by atoms with Gasteiger partial charge in [-0.05, 0) is 31.0 Å². The van der Waals surface area contributed by atoms with E-state index in [0.717, 1.165) is 11.8 Å². The van der Waals surface area contributed by atoms with Crippen molar-refractivity contribution in [2.24, 2.45) is 0 Å². The summed E-state index contributed by atoms with van der Waals surface area (Å²) in [6, 6.07) is 6.51. The van der Waals surface area contributed by atoms with Gasteiger partial charge in [-0.1, -0.05) is 12.1 Å². The van der Waals surface area contributed by atoms with E-state index in [4.69, 9.17) is 0 Å². The molecular weight excluding hydrogens is 294 g/mol. The van der Waals surface area contributed by atoms with Gasteiger partial charge in [0.15, 0.2) is 0 Å². The number of aliphatic hydroxyl groups excluding tert-OH is 1. The lowest BCUT2D eigenvalue weighted by Crippen LogP contribution is -2.32. The molecule has 0 saturated carbocycles. The first kappa shape index (κ1) is 17.4. The lowest BCUT2D eigenvalue weighted by atomic mass is 10.1. The van der Waals surface area contributed by atoms with Gasteiger partial charge in [0.05, 0.1) is 12.4 Å². The third-order valence-corrected chi connectivity index (χ3v) is 3.38. The predicted molar refractivity (Wildman–Crippen MR) is 81.6 cm³/mol. The van der Waals surface area contributed by atoms with Crippen LogP contribution >= 0.6 is 0 Å². The zero-order valence-corrected chi connectivity index (χ0v) is 12.9. The van der Waals surface area contributed by atoms with Crippen molar-refractivity contribution in [3.8, 4) is 0 Å². The van der Waals surface area contributed by atoms with Crippen molar-refractivity contribution in [1.82, 2.24) is 10.0 Å². The van der Waals surface area contributed by atoms with Gasteiger partial charge >= 0.3 is 6.03 Å². The molecule has 2 amide bonds. The van der Waals surface area contributed by atoms with Gasteiger partial charge in [-0.25, -0.2) is 17.9 Å². The Morgan fingerprint density at radius 1 is 1.24 bits per heavy atom. The smallest absolute Gasteiger partial charge is 0.319 e. The maximum absolute atomic E-state index is 11.6. The summed E-state index contributed by atoms with van der Waals surface area (Å²) in [5, 5.41) is 14.6. The van der Waals surface area contributed by atoms with Crippen molar-refractivity contribution in [1.29, 1.82) is 0 Å². The quantitative estimate of drug-likeness (QED) is 0.558. The Hall–Kier alpha value is -1.64. The average Bonchev–Trinajstić information content (AvgIpc) is 2.37. The van der Waals surface area contributed by atoms with Crippen LogP contribution in [-0.2, 0) is 10.0 Å². The average molecular weight is 315 g/mol. The van der Waals surface area contributed by atoms with E-state index in [-0.39, 0.29) is 12.6 Å². The first-order valence-corrected chi connectivity index (χ1v) is 8.44. The van der Waals surface area contributed by atoms with Crippen molar-refractivity contribution >= 4 is 21.7 Å². The summed E-state index contributed by atoms with van der Waals surface area (Å²) in [5.74, 6) is 0. The van der Waals surface area contributed by atoms with E-state index in [9.17, 15) is 18.3 Å². The van der Waals surface area contributed by atoms with Crippen LogP contribution in [-0.4, -0.2) is 38.9 Å². The maximum atomic E-state index is 11.6. The second kappa shape index (κ2) is 7.96. The van der Waals surface area contributed by atoms with Gasteiger partial charge in [0.2, 0.25) is 10.0 Å². The van der Waals surface area contributed by atoms with Gasteiger partial charge in [0, 0.05) is 18.8 Å². The van der Waals surface area contributed by atoms with E-state index in [0.29, 0.717) is 18.7 Å². The Balaban J connectivity index is 2.27. The van der Waals surface area contributed by atoms with Crippen LogP contribution in [0.1, 0.15) is 25.0 Å². The molecule has 1 atom stereocenters. The molecule has 0 radical (unpaired) electrons. The number of nitrogens with one attached hydrogen (secondary N) is 3. The van der Waals surface area contributed by atoms with E-state index in [1.807, 2.05) is 0 Å². The molecule has 21 heavy (non-hydrogen) atoms. The van der Waals surface area contributed by atoms with E-state index < -0.39 is 16.1 Å². The summed E-state index contributed by atoms with van der Waals surface area (Å²) in [6.45, 7) is 2.31. The molecule has 0 aliphatic rings. The molecule has 0 spiro atoms. The molecule has 1 aromatic rings. The minimum absolute atomic E-state index is 0.280. The first-order valence-electron chi connectivity index (χ1n) is 6.55. The molecule has 0 aliphatic carbocycles. The summed E-state index contributed by atoms with van der Waals surface area (Å²) in [5.41, 5.74) is 1.39. The molecule has 0 heterocycles. The van der Waals surface area contributed by atoms with Crippen LogP contribution in [0.4, 0.5) is 10.5 Å². The minimum atomic E-state index is -3.18. The molecule has 0 aliphatic heterocycles. The summed E-state index contributed by atoms with van der Waals surface area (Å²) in [4.78, 5) is 11.6. The number of sulfonamides is 1. The number of hydrogen-bond acceptors (Lipinski definition) is 4. The number of hydrogen-bond donors (Lipinski definition) is 4. The Morgan fingerprint density at radius 2 is 1.86 bits per heavy atom. The fourth-order valence-electron chi connectivity index (χ4n) is 1.57. The Morgan fingerprint density at radius 3 is 2.38 bits per heavy atom. The molecule has 0 aromatic heterocycles. The lowest BCUT2D eigenvalue weighted by molar-refractivity contribution is 0.199. The molecule has 1 unspecified atom stereocenters. The highest BCUT2D eigenvalue weighted by molar-refractivity contribution is 7.88. The van der Waals surface area contributed by atoms with Crippen molar-refractivity contribution in [3.05, 3.63) is 29.8 Å². The second-order valence-corrected chi connectivity index (χ2v) is 6.53. The SMILES string of the molecule is CC(O)c1ccc(NC(=O)NCCCNS(C)(=O)=O)cc1. The summed E-state index contributed by atoms with van der Waals surface area (Å²) >= 11 is 0. The van der Waals surface area contributed by atoms with Gasteiger partial charge in [-0.3, -0.25) is 0 Å². The van der Waals surface area contributed by atoms with Gasteiger partial charge in [-0.15, -0.1) is 0 Å². The van der Waals surface area contributed by atoms with E-state index in [2.05, 4.69) is 15.4 Å². The molecule has 0 bridgehead atoms. The summed E-state index contributed by atoms with van der Waals surface area (Å²) < 4.78 is 24.0. The fourth-order valence-corrected chi connectivity index (χ4v) is 2.08. The van der Waals surface area contributed by atoms with Crippen molar-refractivity contribution in [2.75, 3.05) is 24.7 Å². The van der Waals surface area contributed by atoms with E-state index in [1.54, 1.807) is 31.2 Å². The third kappa shape index (κ3) is 7.64. The highest BCUT2D eigenvalue weighted by Gasteiger charge is 2.04. The van der Waals surface area contributed by atoms with Crippen LogP contribution in [0.15, 0.2) is 24.3 Å². The predicted octanol–water partition coefficient (Wildman–Crippen LogP) is 0.801. The fraction of sp³-hybridized carbons (Fsp3) is 0.462. The van der Waals surface area contributed by atoms with E-state index >= 15 is 0 Å². The molecule has 0 saturated heterocycles. The highest BCUT2D eigenvalue weighted by Crippen LogP contribution is 2.15. The summed E-state index contributed by atoms with van der Waals surface area (Å²) in [6.07, 6.45) is 1.04. The molecule has 1 aromatic carbocycles. The second-order valence-electron chi connectivity index (χ2n) is 4.70. The number of urea groups is 1. The molecule has 4 N–H and O–H groups in total. The number of carbonyl (C=O) groups excluding carboxylic acids is 1. The monoisotopic (exact) mass is 315 g/mol. The topological polar surface area (TPSA) is 108 Å². The molecule has 118 valence electrons. The third-order valence-electron chi connectivity index (χ3n) is 2.65. The Kier molecular flexibility index (Phi) is 6.60. The van der Waals surface area contributed by atoms with Crippen LogP contribution in [0.25, 0.3) is 0 Å². The summed E-state index contributed by atoms with van der Waals surface area (Å²) in [7, 11) is -3.18. The molecular formula is C13H21N3O4S. The lowest BCUT2D eigenvalue weighted by Gasteiger charge is -2.09. The van der Waals surface area contributed by atoms with Crippen molar-refractivity contribution in [3.63, 3.8) is 0 Å². The largest absolute Gasteiger partial charge is 0.389 e. The highest BCUT2D eigenvalue weighted by atomic mass is 32.2. The molecule has 1 rings (SSSR count). The van der Waals surface area contributed by atoms with Crippen LogP contribution < -0.4 is 15.4 Å². The van der Waals surface area contributed by atoms with Crippen LogP contribution in [0.5, 0.6) is 0 Å². The van der Waals surface area contributed by atoms with Gasteiger partial charge in [0.25, 0.3) is 0 Å². The molecule has 8 heteroatoms. The number of amides is 2. The maximum Gasteiger partial charge on any atom is 0.319 e. The Bertz CT molecular complexity index is 555. The number of aliphatic hydroxyl groups is 1. The number of carbonyl (C=O) groups is 1. The molecule has 7 nitrogen and oxygen atoms in total. The van der Waals surface area contributed by atoms with Gasteiger partial charge in [0.1, 0.15) is 0 Å².